The van der Waals surface area contributed by atoms with Crippen LogP contribution in [-0.4, -0.2) is 16.3 Å². The van der Waals surface area contributed by atoms with Crippen LogP contribution >= 0.6 is 24.0 Å². The van der Waals surface area contributed by atoms with Gasteiger partial charge in [0.05, 0.1) is 0 Å². The van der Waals surface area contributed by atoms with E-state index in [-0.39, 0.29) is 25.1 Å². The highest BCUT2D eigenvalue weighted by Gasteiger charge is 2.10. The Kier molecular flexibility index (Phi) is 5.69. The molecule has 0 spiro atoms. The normalized spacial score (nSPS) is 11.9. The van der Waals surface area contributed by atoms with Crippen molar-refractivity contribution in [2.45, 2.75) is 12.5 Å². The fourth-order valence-corrected chi connectivity index (χ4v) is 1.95. The second kappa shape index (κ2) is 6.81. The molecule has 2 aromatic rings. The number of rotatable bonds is 4. The van der Waals surface area contributed by atoms with E-state index in [1.165, 1.54) is 0 Å². The van der Waals surface area contributed by atoms with Gasteiger partial charge in [-0.15, -0.1) is 12.4 Å². The molecular formula is C13H16Cl2N2O. The number of aliphatic hydroxyl groups is 1. The highest BCUT2D eigenvalue weighted by atomic mass is 35.5. The van der Waals surface area contributed by atoms with Crippen molar-refractivity contribution in [3.63, 3.8) is 0 Å². The summed E-state index contributed by atoms with van der Waals surface area (Å²) >= 11 is 5.86. The lowest BCUT2D eigenvalue weighted by atomic mass is 10.1. The molecule has 0 amide bonds. The van der Waals surface area contributed by atoms with E-state index in [0.29, 0.717) is 11.4 Å². The molecule has 3 N–H and O–H groups in total. The zero-order chi connectivity index (χ0) is 12.3. The first kappa shape index (κ1) is 15.1. The van der Waals surface area contributed by atoms with E-state index in [9.17, 15) is 0 Å². The highest BCUT2D eigenvalue weighted by Crippen LogP contribution is 2.20. The number of aromatic nitrogens is 1. The molecule has 18 heavy (non-hydrogen) atoms. The Balaban J connectivity index is 0.00000162. The van der Waals surface area contributed by atoms with Crippen LogP contribution in [0.15, 0.2) is 42.6 Å². The van der Waals surface area contributed by atoms with Gasteiger partial charge in [0.15, 0.2) is 0 Å². The number of aliphatic hydroxyl groups excluding tert-OH is 1. The molecule has 3 nitrogen and oxygen atoms in total. The first-order valence-corrected chi connectivity index (χ1v) is 5.90. The molecular weight excluding hydrogens is 271 g/mol. The number of nitrogens with two attached hydrogens (primary N) is 1. The number of hydrogen-bond donors (Lipinski definition) is 2. The molecule has 0 radical (unpaired) electrons. The van der Waals surface area contributed by atoms with Crippen molar-refractivity contribution in [1.29, 1.82) is 0 Å². The second-order valence-electron chi connectivity index (χ2n) is 3.90. The SMILES string of the molecule is Cl.NC(CCO)c1cccn1-c1ccc(Cl)cc1. The van der Waals surface area contributed by atoms with Crippen LogP contribution in [0.1, 0.15) is 18.2 Å². The minimum absolute atomic E-state index is 0. The molecule has 1 aromatic carbocycles. The summed E-state index contributed by atoms with van der Waals surface area (Å²) in [4.78, 5) is 0. The maximum atomic E-state index is 8.93. The molecule has 0 bridgehead atoms. The average molecular weight is 287 g/mol. The van der Waals surface area contributed by atoms with Crippen LogP contribution in [0.25, 0.3) is 5.69 Å². The largest absolute Gasteiger partial charge is 0.396 e. The van der Waals surface area contributed by atoms with Crippen molar-refractivity contribution in [3.8, 4) is 5.69 Å². The van der Waals surface area contributed by atoms with Gasteiger partial charge in [-0.3, -0.25) is 0 Å². The molecule has 0 fully saturated rings. The van der Waals surface area contributed by atoms with E-state index >= 15 is 0 Å². The van der Waals surface area contributed by atoms with Gasteiger partial charge >= 0.3 is 0 Å². The zero-order valence-electron chi connectivity index (χ0n) is 9.79. The van der Waals surface area contributed by atoms with Gasteiger partial charge in [-0.05, 0) is 42.8 Å². The van der Waals surface area contributed by atoms with Crippen molar-refractivity contribution >= 4 is 24.0 Å². The summed E-state index contributed by atoms with van der Waals surface area (Å²) in [5, 5.41) is 9.64. The summed E-state index contributed by atoms with van der Waals surface area (Å²) in [5.74, 6) is 0. The molecule has 1 atom stereocenters. The van der Waals surface area contributed by atoms with E-state index in [0.717, 1.165) is 11.4 Å². The third-order valence-corrected chi connectivity index (χ3v) is 2.96. The average Bonchev–Trinajstić information content (AvgIpc) is 2.79. The maximum absolute atomic E-state index is 8.93. The van der Waals surface area contributed by atoms with Gasteiger partial charge in [0.2, 0.25) is 0 Å². The van der Waals surface area contributed by atoms with Crippen molar-refractivity contribution in [3.05, 3.63) is 53.3 Å². The molecule has 0 saturated heterocycles. The lowest BCUT2D eigenvalue weighted by molar-refractivity contribution is 0.275. The van der Waals surface area contributed by atoms with Crippen LogP contribution in [0.3, 0.4) is 0 Å². The Morgan fingerprint density at radius 1 is 1.22 bits per heavy atom. The van der Waals surface area contributed by atoms with Crippen molar-refractivity contribution in [1.82, 2.24) is 4.57 Å². The highest BCUT2D eigenvalue weighted by molar-refractivity contribution is 6.30. The number of hydrogen-bond acceptors (Lipinski definition) is 2. The molecule has 1 unspecified atom stereocenters. The third kappa shape index (κ3) is 3.27. The van der Waals surface area contributed by atoms with E-state index in [1.807, 2.05) is 47.2 Å². The molecule has 98 valence electrons. The van der Waals surface area contributed by atoms with Crippen LogP contribution in [0.4, 0.5) is 0 Å². The van der Waals surface area contributed by atoms with Gasteiger partial charge < -0.3 is 15.4 Å². The summed E-state index contributed by atoms with van der Waals surface area (Å²) < 4.78 is 2.01. The summed E-state index contributed by atoms with van der Waals surface area (Å²) in [5.41, 5.74) is 8.01. The van der Waals surface area contributed by atoms with Gasteiger partial charge in [-0.25, -0.2) is 0 Å². The smallest absolute Gasteiger partial charge is 0.0475 e. The van der Waals surface area contributed by atoms with Crippen LogP contribution in [0, 0.1) is 0 Å². The van der Waals surface area contributed by atoms with E-state index < -0.39 is 0 Å². The topological polar surface area (TPSA) is 51.2 Å². The lowest BCUT2D eigenvalue weighted by Crippen LogP contribution is -2.15. The summed E-state index contributed by atoms with van der Waals surface area (Å²) in [6, 6.07) is 11.3. The van der Waals surface area contributed by atoms with E-state index in [1.54, 1.807) is 0 Å². The standard InChI is InChI=1S/C13H15ClN2O.ClH/c14-10-3-5-11(6-4-10)16-8-1-2-13(16)12(15)7-9-17;/h1-6,8,12,17H,7,9,15H2;1H. The molecule has 0 aliphatic rings. The van der Waals surface area contributed by atoms with Gasteiger partial charge in [0.1, 0.15) is 0 Å². The molecule has 0 aliphatic carbocycles. The molecule has 2 rings (SSSR count). The Morgan fingerprint density at radius 2 is 1.89 bits per heavy atom. The van der Waals surface area contributed by atoms with Crippen LogP contribution in [0.2, 0.25) is 5.02 Å². The quantitative estimate of drug-likeness (QED) is 0.908. The van der Waals surface area contributed by atoms with Crippen molar-refractivity contribution in [2.75, 3.05) is 6.61 Å². The summed E-state index contributed by atoms with van der Waals surface area (Å²) in [6.07, 6.45) is 2.51. The predicted molar refractivity (Wildman–Crippen MR) is 76.7 cm³/mol. The maximum Gasteiger partial charge on any atom is 0.0475 e. The fourth-order valence-electron chi connectivity index (χ4n) is 1.82. The summed E-state index contributed by atoms with van der Waals surface area (Å²) in [6.45, 7) is 0.0902. The monoisotopic (exact) mass is 286 g/mol. The first-order valence-electron chi connectivity index (χ1n) is 5.52. The minimum atomic E-state index is -0.161. The van der Waals surface area contributed by atoms with Gasteiger partial charge in [-0.2, -0.15) is 0 Å². The van der Waals surface area contributed by atoms with Crippen molar-refractivity contribution in [2.24, 2.45) is 5.73 Å². The molecule has 0 saturated carbocycles. The Hall–Kier alpha value is -1.00. The third-order valence-electron chi connectivity index (χ3n) is 2.71. The summed E-state index contributed by atoms with van der Waals surface area (Å²) in [7, 11) is 0. The first-order chi connectivity index (χ1) is 8.22. The Bertz CT molecular complexity index is 482. The number of nitrogens with zero attached hydrogens (tertiary/aromatic N) is 1. The molecule has 5 heteroatoms. The van der Waals surface area contributed by atoms with Crippen LogP contribution in [-0.2, 0) is 0 Å². The second-order valence-corrected chi connectivity index (χ2v) is 4.33. The van der Waals surface area contributed by atoms with E-state index in [2.05, 4.69) is 0 Å². The van der Waals surface area contributed by atoms with Gasteiger partial charge in [0.25, 0.3) is 0 Å². The van der Waals surface area contributed by atoms with Crippen molar-refractivity contribution < 1.29 is 5.11 Å². The van der Waals surface area contributed by atoms with Gasteiger partial charge in [-0.1, -0.05) is 11.6 Å². The molecule has 0 aliphatic heterocycles. The fraction of sp³-hybridized carbons (Fsp3) is 0.231. The zero-order valence-corrected chi connectivity index (χ0v) is 11.4. The Morgan fingerprint density at radius 3 is 2.50 bits per heavy atom. The predicted octanol–water partition coefficient (Wildman–Crippen LogP) is 2.93. The van der Waals surface area contributed by atoms with Crippen LogP contribution < -0.4 is 5.73 Å². The van der Waals surface area contributed by atoms with E-state index in [4.69, 9.17) is 22.4 Å². The van der Waals surface area contributed by atoms with Crippen LogP contribution in [0.5, 0.6) is 0 Å². The minimum Gasteiger partial charge on any atom is -0.396 e. The van der Waals surface area contributed by atoms with Gasteiger partial charge in [0, 0.05) is 35.2 Å². The number of benzene rings is 1. The molecule has 1 aromatic heterocycles. The lowest BCUT2D eigenvalue weighted by Gasteiger charge is -2.14. The number of halogens is 2. The Labute approximate surface area is 118 Å². The molecule has 1 heterocycles.